The number of carbonyl (C=O) groups excluding carboxylic acids is 2. The lowest BCUT2D eigenvalue weighted by atomic mass is 9.77. The Bertz CT molecular complexity index is 1280. The first-order valence-corrected chi connectivity index (χ1v) is 13.4. The van der Waals surface area contributed by atoms with Crippen molar-refractivity contribution in [3.8, 4) is 0 Å². The van der Waals surface area contributed by atoms with Crippen LogP contribution in [0.2, 0.25) is 0 Å². The summed E-state index contributed by atoms with van der Waals surface area (Å²) in [6, 6.07) is 13.7. The quantitative estimate of drug-likeness (QED) is 0.446. The third-order valence-corrected chi connectivity index (χ3v) is 9.43. The molecule has 2 fully saturated rings. The maximum Gasteiger partial charge on any atom is 0.310 e. The molecule has 0 saturated heterocycles. The molecule has 5 heteroatoms. The summed E-state index contributed by atoms with van der Waals surface area (Å²) in [5.41, 5.74) is 0.246. The molecular formula is C32H38O5. The molecule has 0 unspecified atom stereocenters. The molecule has 37 heavy (non-hydrogen) atoms. The number of ketones is 1. The highest BCUT2D eigenvalue weighted by atomic mass is 16.5. The van der Waals surface area contributed by atoms with Crippen LogP contribution in [0.25, 0.3) is 10.8 Å². The Hall–Kier alpha value is -2.76. The van der Waals surface area contributed by atoms with Gasteiger partial charge in [-0.3, -0.25) is 9.59 Å². The van der Waals surface area contributed by atoms with E-state index in [1.54, 1.807) is 6.92 Å². The second kappa shape index (κ2) is 9.21. The smallest absolute Gasteiger partial charge is 0.310 e. The van der Waals surface area contributed by atoms with Crippen molar-refractivity contribution in [1.82, 2.24) is 0 Å². The number of carbonyl (C=O) groups is 2. The molecule has 0 spiro atoms. The third-order valence-electron chi connectivity index (χ3n) is 9.43. The van der Waals surface area contributed by atoms with Crippen molar-refractivity contribution in [2.24, 2.45) is 29.1 Å². The zero-order valence-electron chi connectivity index (χ0n) is 22.2. The van der Waals surface area contributed by atoms with Gasteiger partial charge in [0.2, 0.25) is 0 Å². The molecule has 0 aromatic heterocycles. The van der Waals surface area contributed by atoms with E-state index in [0.717, 1.165) is 22.8 Å². The van der Waals surface area contributed by atoms with Gasteiger partial charge in [0.05, 0.1) is 18.4 Å². The van der Waals surface area contributed by atoms with Gasteiger partial charge in [-0.15, -0.1) is 0 Å². The summed E-state index contributed by atoms with van der Waals surface area (Å²) in [5.74, 6) is -1.50. The molecule has 0 amide bonds. The monoisotopic (exact) mass is 502 g/mol. The third kappa shape index (κ3) is 4.36. The van der Waals surface area contributed by atoms with Crippen LogP contribution in [-0.2, 0) is 20.7 Å². The maximum atomic E-state index is 13.7. The topological polar surface area (TPSA) is 83.8 Å². The van der Waals surface area contributed by atoms with Gasteiger partial charge < -0.3 is 14.9 Å². The fraction of sp³-hybridized carbons (Fsp3) is 0.500. The summed E-state index contributed by atoms with van der Waals surface area (Å²) < 4.78 is 6.08. The van der Waals surface area contributed by atoms with Gasteiger partial charge in [-0.05, 0) is 76.8 Å². The van der Waals surface area contributed by atoms with Gasteiger partial charge >= 0.3 is 5.97 Å². The minimum atomic E-state index is -1.83. The van der Waals surface area contributed by atoms with Gasteiger partial charge in [-0.2, -0.15) is 0 Å². The van der Waals surface area contributed by atoms with Crippen molar-refractivity contribution in [3.63, 3.8) is 0 Å². The molecule has 0 aliphatic heterocycles. The van der Waals surface area contributed by atoms with Crippen molar-refractivity contribution in [1.29, 1.82) is 0 Å². The number of allylic oxidation sites excluding steroid dienone is 1. The average molecular weight is 503 g/mol. The largest absolute Gasteiger partial charge is 0.457 e. The fourth-order valence-electron chi connectivity index (χ4n) is 7.09. The molecule has 5 rings (SSSR count). The maximum absolute atomic E-state index is 13.7. The molecule has 0 radical (unpaired) electrons. The zero-order chi connectivity index (χ0) is 26.7. The second-order valence-corrected chi connectivity index (χ2v) is 12.2. The van der Waals surface area contributed by atoms with Crippen molar-refractivity contribution < 1.29 is 24.5 Å². The van der Waals surface area contributed by atoms with Crippen LogP contribution in [0.4, 0.5) is 0 Å². The number of ether oxygens (including phenoxy) is 1. The Balaban J connectivity index is 1.49. The predicted octanol–water partition coefficient (Wildman–Crippen LogP) is 5.18. The van der Waals surface area contributed by atoms with Crippen LogP contribution in [0.5, 0.6) is 0 Å². The van der Waals surface area contributed by atoms with E-state index in [0.29, 0.717) is 23.5 Å². The van der Waals surface area contributed by atoms with Crippen LogP contribution in [0.1, 0.15) is 52.5 Å². The lowest BCUT2D eigenvalue weighted by Gasteiger charge is -2.36. The number of aliphatic hydroxyl groups excluding tert-OH is 1. The van der Waals surface area contributed by atoms with Gasteiger partial charge in [0.15, 0.2) is 5.78 Å². The van der Waals surface area contributed by atoms with E-state index in [1.807, 2.05) is 55.5 Å². The Morgan fingerprint density at radius 1 is 1.16 bits per heavy atom. The van der Waals surface area contributed by atoms with E-state index in [1.165, 1.54) is 0 Å². The second-order valence-electron chi connectivity index (χ2n) is 12.2. The van der Waals surface area contributed by atoms with E-state index < -0.39 is 29.7 Å². The van der Waals surface area contributed by atoms with Gasteiger partial charge in [-0.25, -0.2) is 0 Å². The van der Waals surface area contributed by atoms with Crippen LogP contribution >= 0.6 is 0 Å². The number of rotatable bonds is 3. The van der Waals surface area contributed by atoms with Crippen LogP contribution < -0.4 is 0 Å². The molecule has 0 bridgehead atoms. The first kappa shape index (κ1) is 25.9. The summed E-state index contributed by atoms with van der Waals surface area (Å²) in [5, 5.41) is 25.1. The highest BCUT2D eigenvalue weighted by molar-refractivity contribution is 6.02. The van der Waals surface area contributed by atoms with Crippen molar-refractivity contribution >= 4 is 22.5 Å². The van der Waals surface area contributed by atoms with E-state index in [4.69, 9.17) is 4.74 Å². The van der Waals surface area contributed by atoms with Crippen LogP contribution in [0, 0.1) is 29.1 Å². The lowest BCUT2D eigenvalue weighted by Crippen LogP contribution is -2.52. The molecule has 2 saturated carbocycles. The molecule has 3 aliphatic carbocycles. The Morgan fingerprint density at radius 3 is 2.62 bits per heavy atom. The molecule has 0 heterocycles. The predicted molar refractivity (Wildman–Crippen MR) is 144 cm³/mol. The molecule has 2 aromatic rings. The Labute approximate surface area is 219 Å². The zero-order valence-corrected chi connectivity index (χ0v) is 22.2. The van der Waals surface area contributed by atoms with E-state index in [2.05, 4.69) is 20.4 Å². The number of Topliss-reactive ketones (excluding diaryl/α,β-unsaturated/α-hetero) is 1. The molecule has 7 atom stereocenters. The van der Waals surface area contributed by atoms with Crippen molar-refractivity contribution in [2.75, 3.05) is 0 Å². The SMILES string of the molecule is C=C1CC[C@H]2[C@@H](/C=C(\C)C(=O)[C@@]3(O)C[C@H](C)[C@H](O)[C@@H]3[C@H]1OC(=O)Cc1cccc3ccccc13)C2(C)C. The van der Waals surface area contributed by atoms with Crippen molar-refractivity contribution in [2.45, 2.75) is 71.2 Å². The molecule has 2 aromatic carbocycles. The Morgan fingerprint density at radius 2 is 1.86 bits per heavy atom. The minimum absolute atomic E-state index is 0.0482. The van der Waals surface area contributed by atoms with Gasteiger partial charge in [0.25, 0.3) is 0 Å². The number of hydrogen-bond donors (Lipinski definition) is 2. The number of fused-ring (bicyclic) bond motifs is 3. The molecule has 5 nitrogen and oxygen atoms in total. The summed E-state index contributed by atoms with van der Waals surface area (Å²) in [6.07, 6.45) is 1.67. The first-order valence-electron chi connectivity index (χ1n) is 13.4. The first-order chi connectivity index (χ1) is 17.4. The molecule has 3 aliphatic rings. The fourth-order valence-corrected chi connectivity index (χ4v) is 7.09. The minimum Gasteiger partial charge on any atom is -0.457 e. The average Bonchev–Trinajstić information content (AvgIpc) is 3.28. The highest BCUT2D eigenvalue weighted by Gasteiger charge is 2.61. The normalized spacial score (nSPS) is 36.6. The molecule has 196 valence electrons. The molecular weight excluding hydrogens is 464 g/mol. The standard InChI is InChI=1S/C32H38O5/c1-18-13-14-24-25(31(24,4)5)15-19(2)30(35)32(36)17-20(3)28(34)27(32)29(18)37-26(33)16-22-11-8-10-21-9-6-7-12-23(21)22/h6-12,15,20,24-25,27-29,34,36H,1,13-14,16-17H2,2-5H3/b19-15+/t20-,24-,25+,27+,28-,29-,32+/m0/s1. The van der Waals surface area contributed by atoms with E-state index >= 15 is 0 Å². The summed E-state index contributed by atoms with van der Waals surface area (Å²) in [7, 11) is 0. The summed E-state index contributed by atoms with van der Waals surface area (Å²) in [6.45, 7) is 12.3. The number of hydrogen-bond acceptors (Lipinski definition) is 5. The lowest BCUT2D eigenvalue weighted by molar-refractivity contribution is -0.162. The number of esters is 1. The number of benzene rings is 2. The van der Waals surface area contributed by atoms with Gasteiger partial charge in [0, 0.05) is 0 Å². The van der Waals surface area contributed by atoms with Gasteiger partial charge in [-0.1, -0.05) is 75.9 Å². The van der Waals surface area contributed by atoms with E-state index in [-0.39, 0.29) is 35.9 Å². The number of aliphatic hydroxyl groups is 2. The van der Waals surface area contributed by atoms with Crippen LogP contribution in [0.3, 0.4) is 0 Å². The van der Waals surface area contributed by atoms with E-state index in [9.17, 15) is 19.8 Å². The summed E-state index contributed by atoms with van der Waals surface area (Å²) >= 11 is 0. The van der Waals surface area contributed by atoms with Crippen molar-refractivity contribution in [3.05, 3.63) is 71.8 Å². The van der Waals surface area contributed by atoms with Gasteiger partial charge in [0.1, 0.15) is 11.7 Å². The molecule has 2 N–H and O–H groups in total. The Kier molecular flexibility index (Phi) is 6.44. The van der Waals surface area contributed by atoms with Crippen LogP contribution in [0.15, 0.2) is 66.3 Å². The summed E-state index contributed by atoms with van der Waals surface area (Å²) in [4.78, 5) is 27.1. The van der Waals surface area contributed by atoms with Crippen LogP contribution in [-0.4, -0.2) is 39.8 Å². The highest BCUT2D eigenvalue weighted by Crippen LogP contribution is 2.62.